The second-order valence-electron chi connectivity index (χ2n) is 4.52. The maximum atomic E-state index is 11.0. The van der Waals surface area contributed by atoms with Gasteiger partial charge in [-0.15, -0.1) is 0 Å². The van der Waals surface area contributed by atoms with Crippen LogP contribution in [-0.2, 0) is 11.3 Å². The molecule has 1 aromatic rings. The number of nitrogens with two attached hydrogens (primary N) is 1. The molecule has 7 heteroatoms. The summed E-state index contributed by atoms with van der Waals surface area (Å²) in [4.78, 5) is 16.9. The number of nitrogens with zero attached hydrogens (tertiary/aromatic N) is 2. The van der Waals surface area contributed by atoms with Crippen LogP contribution in [0.2, 0.25) is 10.2 Å². The maximum absolute atomic E-state index is 11.0. The molecule has 0 radical (unpaired) electrons. The topological polar surface area (TPSA) is 79.5 Å². The van der Waals surface area contributed by atoms with Crippen molar-refractivity contribution >= 4 is 29.2 Å². The molecule has 1 fully saturated rings. The van der Waals surface area contributed by atoms with Gasteiger partial charge < -0.3 is 10.8 Å². The lowest BCUT2D eigenvalue weighted by atomic mass is 10.0. The summed E-state index contributed by atoms with van der Waals surface area (Å²) in [6.45, 7) is 1.46. The Hall–Kier alpha value is -0.880. The zero-order valence-corrected chi connectivity index (χ0v) is 11.1. The summed E-state index contributed by atoms with van der Waals surface area (Å²) in [5, 5.41) is 9.90. The molecule has 0 aliphatic carbocycles. The van der Waals surface area contributed by atoms with Crippen LogP contribution in [0.3, 0.4) is 0 Å². The van der Waals surface area contributed by atoms with Crippen molar-refractivity contribution in [2.75, 3.05) is 13.1 Å². The largest absolute Gasteiger partial charge is 0.480 e. The number of pyridine rings is 1. The van der Waals surface area contributed by atoms with Gasteiger partial charge in [-0.25, -0.2) is 4.98 Å². The number of halogens is 2. The molecule has 1 aliphatic heterocycles. The van der Waals surface area contributed by atoms with E-state index in [4.69, 9.17) is 34.0 Å². The molecule has 1 saturated heterocycles. The molecular weight excluding hydrogens is 277 g/mol. The van der Waals surface area contributed by atoms with Gasteiger partial charge in [-0.1, -0.05) is 23.2 Å². The standard InChI is InChI=1S/C11H13Cl2N3O2/c12-8-3-9(13)15-4-7(8)5-16-2-1-11(14,6-16)10(17)18/h3-4H,1-2,5-6,14H2,(H,17,18). The Morgan fingerprint density at radius 1 is 1.61 bits per heavy atom. The molecule has 1 aromatic heterocycles. The first-order valence-corrected chi connectivity index (χ1v) is 6.21. The van der Waals surface area contributed by atoms with Gasteiger partial charge in [-0.2, -0.15) is 0 Å². The summed E-state index contributed by atoms with van der Waals surface area (Å²) < 4.78 is 0. The van der Waals surface area contributed by atoms with Crippen molar-refractivity contribution < 1.29 is 9.90 Å². The molecule has 18 heavy (non-hydrogen) atoms. The molecule has 0 spiro atoms. The lowest BCUT2D eigenvalue weighted by Crippen LogP contribution is -2.50. The molecule has 1 atom stereocenters. The van der Waals surface area contributed by atoms with Crippen molar-refractivity contribution in [1.29, 1.82) is 0 Å². The van der Waals surface area contributed by atoms with Gasteiger partial charge in [0.1, 0.15) is 10.7 Å². The minimum Gasteiger partial charge on any atom is -0.480 e. The van der Waals surface area contributed by atoms with Gasteiger partial charge in [-0.3, -0.25) is 9.69 Å². The summed E-state index contributed by atoms with van der Waals surface area (Å²) in [7, 11) is 0. The van der Waals surface area contributed by atoms with Crippen LogP contribution >= 0.6 is 23.2 Å². The lowest BCUT2D eigenvalue weighted by Gasteiger charge is -2.20. The van der Waals surface area contributed by atoms with Crippen LogP contribution < -0.4 is 5.73 Å². The van der Waals surface area contributed by atoms with Gasteiger partial charge in [0.2, 0.25) is 0 Å². The number of hydrogen-bond acceptors (Lipinski definition) is 4. The molecule has 0 bridgehead atoms. The summed E-state index contributed by atoms with van der Waals surface area (Å²) in [6.07, 6.45) is 2.03. The second-order valence-corrected chi connectivity index (χ2v) is 5.31. The van der Waals surface area contributed by atoms with E-state index in [0.717, 1.165) is 5.56 Å². The molecule has 0 aromatic carbocycles. The highest BCUT2D eigenvalue weighted by atomic mass is 35.5. The second kappa shape index (κ2) is 5.01. The first-order valence-electron chi connectivity index (χ1n) is 5.45. The summed E-state index contributed by atoms with van der Waals surface area (Å²) in [6, 6.07) is 1.57. The third-order valence-corrected chi connectivity index (χ3v) is 3.65. The van der Waals surface area contributed by atoms with Gasteiger partial charge in [0.05, 0.1) is 0 Å². The molecule has 0 amide bonds. The third kappa shape index (κ3) is 2.75. The zero-order valence-electron chi connectivity index (χ0n) is 9.57. The minimum atomic E-state index is -1.16. The quantitative estimate of drug-likeness (QED) is 0.822. The smallest absolute Gasteiger partial charge is 0.325 e. The zero-order chi connectivity index (χ0) is 13.3. The molecule has 1 unspecified atom stereocenters. The minimum absolute atomic E-state index is 0.307. The highest BCUT2D eigenvalue weighted by Gasteiger charge is 2.41. The lowest BCUT2D eigenvalue weighted by molar-refractivity contribution is -0.142. The number of rotatable bonds is 3. The number of carbonyl (C=O) groups is 1. The van der Waals surface area contributed by atoms with Crippen molar-refractivity contribution in [3.8, 4) is 0 Å². The van der Waals surface area contributed by atoms with Gasteiger partial charge in [0, 0.05) is 36.4 Å². The molecule has 5 nitrogen and oxygen atoms in total. The first-order chi connectivity index (χ1) is 8.40. The highest BCUT2D eigenvalue weighted by Crippen LogP contribution is 2.24. The maximum Gasteiger partial charge on any atom is 0.325 e. The van der Waals surface area contributed by atoms with Gasteiger partial charge in [-0.05, 0) is 12.5 Å². The fourth-order valence-electron chi connectivity index (χ4n) is 2.02. The van der Waals surface area contributed by atoms with E-state index in [0.29, 0.717) is 36.2 Å². The van der Waals surface area contributed by atoms with E-state index in [9.17, 15) is 4.79 Å². The molecule has 3 N–H and O–H groups in total. The number of hydrogen-bond donors (Lipinski definition) is 2. The average molecular weight is 290 g/mol. The summed E-state index contributed by atoms with van der Waals surface area (Å²) in [5.41, 5.74) is 5.45. The van der Waals surface area contributed by atoms with Crippen LogP contribution in [0, 0.1) is 0 Å². The van der Waals surface area contributed by atoms with Gasteiger partial charge in [0.15, 0.2) is 0 Å². The third-order valence-electron chi connectivity index (χ3n) is 3.10. The number of carboxylic acid groups (broad SMARTS) is 1. The number of aromatic nitrogens is 1. The van der Waals surface area contributed by atoms with Crippen LogP contribution in [-0.4, -0.2) is 39.6 Å². The van der Waals surface area contributed by atoms with Gasteiger partial charge in [0.25, 0.3) is 0 Å². The highest BCUT2D eigenvalue weighted by molar-refractivity contribution is 6.34. The number of likely N-dealkylation sites (tertiary alicyclic amines) is 1. The first kappa shape index (κ1) is 13.5. The monoisotopic (exact) mass is 289 g/mol. The Balaban J connectivity index is 2.06. The van der Waals surface area contributed by atoms with Crippen molar-refractivity contribution in [3.05, 3.63) is 28.0 Å². The molecular formula is C11H13Cl2N3O2. The fraction of sp³-hybridized carbons (Fsp3) is 0.455. The van der Waals surface area contributed by atoms with E-state index in [1.165, 1.54) is 0 Å². The van der Waals surface area contributed by atoms with Crippen LogP contribution in [0.5, 0.6) is 0 Å². The van der Waals surface area contributed by atoms with E-state index < -0.39 is 11.5 Å². The molecule has 2 heterocycles. The van der Waals surface area contributed by atoms with Crippen molar-refractivity contribution in [3.63, 3.8) is 0 Å². The summed E-state index contributed by atoms with van der Waals surface area (Å²) in [5.74, 6) is -0.967. The van der Waals surface area contributed by atoms with Crippen LogP contribution in [0.25, 0.3) is 0 Å². The predicted octanol–water partition coefficient (Wildman–Crippen LogP) is 1.38. The Labute approximate surface area is 114 Å². The summed E-state index contributed by atoms with van der Waals surface area (Å²) >= 11 is 11.8. The Morgan fingerprint density at radius 2 is 2.33 bits per heavy atom. The van der Waals surface area contributed by atoms with Gasteiger partial charge >= 0.3 is 5.97 Å². The normalized spacial score (nSPS) is 24.4. The number of aliphatic carboxylic acids is 1. The van der Waals surface area contributed by atoms with Crippen LogP contribution in [0.1, 0.15) is 12.0 Å². The van der Waals surface area contributed by atoms with Crippen LogP contribution in [0.15, 0.2) is 12.3 Å². The van der Waals surface area contributed by atoms with E-state index in [1.54, 1.807) is 12.3 Å². The number of carboxylic acids is 1. The van der Waals surface area contributed by atoms with E-state index in [1.807, 2.05) is 4.90 Å². The molecule has 1 aliphatic rings. The predicted molar refractivity (Wildman–Crippen MR) is 68.7 cm³/mol. The average Bonchev–Trinajstić information content (AvgIpc) is 2.66. The van der Waals surface area contributed by atoms with Crippen LogP contribution in [0.4, 0.5) is 0 Å². The van der Waals surface area contributed by atoms with Crippen molar-refractivity contribution in [2.45, 2.75) is 18.5 Å². The van der Waals surface area contributed by atoms with Crippen molar-refractivity contribution in [2.24, 2.45) is 5.73 Å². The SMILES string of the molecule is NC1(C(=O)O)CCN(Cc2cnc(Cl)cc2Cl)C1. The van der Waals surface area contributed by atoms with E-state index >= 15 is 0 Å². The van der Waals surface area contributed by atoms with Crippen molar-refractivity contribution in [1.82, 2.24) is 9.88 Å². The van der Waals surface area contributed by atoms with E-state index in [2.05, 4.69) is 4.98 Å². The molecule has 98 valence electrons. The molecule has 0 saturated carbocycles. The fourth-order valence-corrected chi connectivity index (χ4v) is 2.44. The Bertz CT molecular complexity index is 483. The molecule has 2 rings (SSSR count). The Morgan fingerprint density at radius 3 is 2.89 bits per heavy atom. The Kier molecular flexibility index (Phi) is 3.77. The van der Waals surface area contributed by atoms with E-state index in [-0.39, 0.29) is 0 Å².